The number of halogens is 1. The van der Waals surface area contributed by atoms with E-state index in [0.29, 0.717) is 5.75 Å². The van der Waals surface area contributed by atoms with E-state index in [1.54, 1.807) is 19.2 Å². The monoisotopic (exact) mass is 224 g/mol. The van der Waals surface area contributed by atoms with Gasteiger partial charge in [0.15, 0.2) is 0 Å². The lowest BCUT2D eigenvalue weighted by Gasteiger charge is -2.26. The summed E-state index contributed by atoms with van der Waals surface area (Å²) in [5.41, 5.74) is 0.728. The molecule has 2 rings (SSSR count). The molecule has 0 atom stereocenters. The molecule has 0 aromatic heterocycles. The van der Waals surface area contributed by atoms with Gasteiger partial charge in [-0.15, -0.1) is 0 Å². The average molecular weight is 224 g/mol. The minimum atomic E-state index is -0.204. The van der Waals surface area contributed by atoms with Crippen LogP contribution in [0.25, 0.3) is 0 Å². The third-order valence-electron chi connectivity index (χ3n) is 3.34. The predicted molar refractivity (Wildman–Crippen MR) is 60.2 cm³/mol. The Morgan fingerprint density at radius 1 is 1.25 bits per heavy atom. The molecule has 1 aliphatic rings. The highest BCUT2D eigenvalue weighted by molar-refractivity contribution is 5.32. The molecule has 1 aromatic carbocycles. The standard InChI is InChI=1S/C13H17FO2/c1-16-11-6-7-13(14)12(8-11)9-2-4-10(15)5-3-9/h6-10,15H,2-5H2,1H3. The Hall–Kier alpha value is -1.09. The van der Waals surface area contributed by atoms with E-state index in [-0.39, 0.29) is 17.8 Å². The molecule has 0 heterocycles. The molecule has 0 spiro atoms. The molecule has 16 heavy (non-hydrogen) atoms. The summed E-state index contributed by atoms with van der Waals surface area (Å²) in [5.74, 6) is 0.753. The number of benzene rings is 1. The summed E-state index contributed by atoms with van der Waals surface area (Å²) >= 11 is 0. The fourth-order valence-corrected chi connectivity index (χ4v) is 2.35. The lowest BCUT2D eigenvalue weighted by Crippen LogP contribution is -2.17. The van der Waals surface area contributed by atoms with Crippen LogP contribution in [0.3, 0.4) is 0 Å². The van der Waals surface area contributed by atoms with Crippen molar-refractivity contribution in [1.29, 1.82) is 0 Å². The van der Waals surface area contributed by atoms with Crippen LogP contribution in [-0.2, 0) is 0 Å². The average Bonchev–Trinajstić information content (AvgIpc) is 2.31. The topological polar surface area (TPSA) is 29.5 Å². The molecule has 88 valence electrons. The van der Waals surface area contributed by atoms with Crippen molar-refractivity contribution in [2.24, 2.45) is 0 Å². The summed E-state index contributed by atoms with van der Waals surface area (Å²) in [5, 5.41) is 9.43. The van der Waals surface area contributed by atoms with Crippen LogP contribution in [0.1, 0.15) is 37.2 Å². The van der Waals surface area contributed by atoms with Crippen molar-refractivity contribution < 1.29 is 14.2 Å². The van der Waals surface area contributed by atoms with Crippen LogP contribution in [-0.4, -0.2) is 18.3 Å². The molecule has 0 radical (unpaired) electrons. The van der Waals surface area contributed by atoms with E-state index in [1.165, 1.54) is 6.07 Å². The fraction of sp³-hybridized carbons (Fsp3) is 0.538. The number of rotatable bonds is 2. The highest BCUT2D eigenvalue weighted by Gasteiger charge is 2.23. The van der Waals surface area contributed by atoms with Crippen molar-refractivity contribution in [2.75, 3.05) is 7.11 Å². The SMILES string of the molecule is COc1ccc(F)c(C2CCC(O)CC2)c1. The maximum absolute atomic E-state index is 13.7. The highest BCUT2D eigenvalue weighted by Crippen LogP contribution is 2.35. The molecular weight excluding hydrogens is 207 g/mol. The first-order valence-corrected chi connectivity index (χ1v) is 5.72. The summed E-state index contributed by atoms with van der Waals surface area (Å²) in [4.78, 5) is 0. The Balaban J connectivity index is 2.19. The highest BCUT2D eigenvalue weighted by atomic mass is 19.1. The number of aliphatic hydroxyl groups is 1. The van der Waals surface area contributed by atoms with E-state index >= 15 is 0 Å². The third kappa shape index (κ3) is 2.35. The van der Waals surface area contributed by atoms with E-state index in [0.717, 1.165) is 31.2 Å². The van der Waals surface area contributed by atoms with Gasteiger partial charge in [-0.1, -0.05) is 0 Å². The maximum atomic E-state index is 13.7. The molecule has 1 aromatic rings. The zero-order valence-electron chi connectivity index (χ0n) is 9.45. The number of methoxy groups -OCH3 is 1. The Morgan fingerprint density at radius 2 is 1.94 bits per heavy atom. The van der Waals surface area contributed by atoms with E-state index in [4.69, 9.17) is 4.74 Å². The quantitative estimate of drug-likeness (QED) is 0.837. The van der Waals surface area contributed by atoms with Gasteiger partial charge in [-0.25, -0.2) is 4.39 Å². The Morgan fingerprint density at radius 3 is 2.56 bits per heavy atom. The summed E-state index contributed by atoms with van der Waals surface area (Å²) in [6.07, 6.45) is 3.03. The van der Waals surface area contributed by atoms with Gasteiger partial charge >= 0.3 is 0 Å². The van der Waals surface area contributed by atoms with Crippen LogP contribution in [0, 0.1) is 5.82 Å². The first-order chi connectivity index (χ1) is 7.70. The summed E-state index contributed by atoms with van der Waals surface area (Å²) in [7, 11) is 1.58. The van der Waals surface area contributed by atoms with Crippen molar-refractivity contribution >= 4 is 0 Å². The van der Waals surface area contributed by atoms with Crippen molar-refractivity contribution in [3.05, 3.63) is 29.6 Å². The molecule has 3 heteroatoms. The molecular formula is C13H17FO2. The van der Waals surface area contributed by atoms with Crippen LogP contribution in [0.5, 0.6) is 5.75 Å². The second kappa shape index (κ2) is 4.83. The second-order valence-electron chi connectivity index (χ2n) is 4.39. The van der Waals surface area contributed by atoms with Gasteiger partial charge in [-0.3, -0.25) is 0 Å². The van der Waals surface area contributed by atoms with Crippen LogP contribution < -0.4 is 4.74 Å². The molecule has 0 amide bonds. The van der Waals surface area contributed by atoms with Gasteiger partial charge in [0, 0.05) is 0 Å². The van der Waals surface area contributed by atoms with Gasteiger partial charge < -0.3 is 9.84 Å². The summed E-state index contributed by atoms with van der Waals surface area (Å²) in [6.45, 7) is 0. The second-order valence-corrected chi connectivity index (χ2v) is 4.39. The first-order valence-electron chi connectivity index (χ1n) is 5.72. The number of hydrogen-bond acceptors (Lipinski definition) is 2. The minimum Gasteiger partial charge on any atom is -0.497 e. The molecule has 1 saturated carbocycles. The zero-order chi connectivity index (χ0) is 11.5. The molecule has 0 aliphatic heterocycles. The van der Waals surface area contributed by atoms with Crippen LogP contribution in [0.15, 0.2) is 18.2 Å². The van der Waals surface area contributed by atoms with Crippen LogP contribution in [0.4, 0.5) is 4.39 Å². The molecule has 0 bridgehead atoms. The molecule has 0 unspecified atom stereocenters. The molecule has 2 nitrogen and oxygen atoms in total. The zero-order valence-corrected chi connectivity index (χ0v) is 9.45. The largest absolute Gasteiger partial charge is 0.497 e. The van der Waals surface area contributed by atoms with Gasteiger partial charge in [0.05, 0.1) is 13.2 Å². The Bertz CT molecular complexity index is 357. The Labute approximate surface area is 95.1 Å². The van der Waals surface area contributed by atoms with Gasteiger partial charge in [0.25, 0.3) is 0 Å². The van der Waals surface area contributed by atoms with Crippen LogP contribution in [0.2, 0.25) is 0 Å². The summed E-state index contributed by atoms with van der Waals surface area (Å²) < 4.78 is 18.8. The third-order valence-corrected chi connectivity index (χ3v) is 3.34. The van der Waals surface area contributed by atoms with Gasteiger partial charge in [0.2, 0.25) is 0 Å². The summed E-state index contributed by atoms with van der Waals surface area (Å²) in [6, 6.07) is 4.87. The van der Waals surface area contributed by atoms with Crippen LogP contribution >= 0.6 is 0 Å². The lowest BCUT2D eigenvalue weighted by molar-refractivity contribution is 0.122. The number of hydrogen-bond donors (Lipinski definition) is 1. The van der Waals surface area contributed by atoms with Gasteiger partial charge in [0.1, 0.15) is 11.6 Å². The molecule has 1 aliphatic carbocycles. The minimum absolute atomic E-state index is 0.165. The predicted octanol–water partition coefficient (Wildman–Crippen LogP) is 2.85. The molecule has 1 fully saturated rings. The van der Waals surface area contributed by atoms with Crippen molar-refractivity contribution in [2.45, 2.75) is 37.7 Å². The smallest absolute Gasteiger partial charge is 0.126 e. The maximum Gasteiger partial charge on any atom is 0.126 e. The van der Waals surface area contributed by atoms with E-state index < -0.39 is 0 Å². The van der Waals surface area contributed by atoms with Gasteiger partial charge in [-0.05, 0) is 55.4 Å². The van der Waals surface area contributed by atoms with Crippen molar-refractivity contribution in [3.63, 3.8) is 0 Å². The molecule has 0 saturated heterocycles. The molecule has 1 N–H and O–H groups in total. The van der Waals surface area contributed by atoms with Gasteiger partial charge in [-0.2, -0.15) is 0 Å². The number of aliphatic hydroxyl groups excluding tert-OH is 1. The Kier molecular flexibility index (Phi) is 3.44. The van der Waals surface area contributed by atoms with Crippen molar-refractivity contribution in [1.82, 2.24) is 0 Å². The van der Waals surface area contributed by atoms with Crippen molar-refractivity contribution in [3.8, 4) is 5.75 Å². The normalized spacial score (nSPS) is 25.4. The van der Waals surface area contributed by atoms with E-state index in [9.17, 15) is 9.50 Å². The number of ether oxygens (including phenoxy) is 1. The lowest BCUT2D eigenvalue weighted by atomic mass is 9.82. The fourth-order valence-electron chi connectivity index (χ4n) is 2.35. The first kappa shape index (κ1) is 11.4. The van der Waals surface area contributed by atoms with E-state index in [2.05, 4.69) is 0 Å². The van der Waals surface area contributed by atoms with E-state index in [1.807, 2.05) is 0 Å².